The highest BCUT2D eigenvalue weighted by molar-refractivity contribution is 8.15. The molecule has 0 unspecified atom stereocenters. The summed E-state index contributed by atoms with van der Waals surface area (Å²) < 4.78 is 0. The monoisotopic (exact) mass is 413 g/mol. The normalized spacial score (nSPS) is 20.6. The number of nitrogens with zero attached hydrogens (tertiary/aromatic N) is 2. The van der Waals surface area contributed by atoms with Crippen molar-refractivity contribution in [2.45, 2.75) is 37.5 Å². The summed E-state index contributed by atoms with van der Waals surface area (Å²) in [5.41, 5.74) is 2.54. The van der Waals surface area contributed by atoms with Crippen LogP contribution in [0.3, 0.4) is 0 Å². The van der Waals surface area contributed by atoms with Gasteiger partial charge in [-0.05, 0) is 49.6 Å². The first-order valence-corrected chi connectivity index (χ1v) is 10.5. The predicted octanol–water partition coefficient (Wildman–Crippen LogP) is 4.77. The fourth-order valence-electron chi connectivity index (χ4n) is 3.10. The fourth-order valence-corrected chi connectivity index (χ4v) is 4.50. The second kappa shape index (κ2) is 7.97. The van der Waals surface area contributed by atoms with Gasteiger partial charge < -0.3 is 5.32 Å². The lowest BCUT2D eigenvalue weighted by molar-refractivity contribution is -0.128. The van der Waals surface area contributed by atoms with E-state index in [0.29, 0.717) is 15.9 Å². The number of amides is 2. The van der Waals surface area contributed by atoms with Gasteiger partial charge in [-0.25, -0.2) is 4.99 Å². The van der Waals surface area contributed by atoms with Crippen LogP contribution in [0.5, 0.6) is 0 Å². The van der Waals surface area contributed by atoms with Crippen molar-refractivity contribution in [1.29, 1.82) is 0 Å². The highest BCUT2D eigenvalue weighted by Gasteiger charge is 2.46. The Morgan fingerprint density at radius 3 is 2.75 bits per heavy atom. The molecule has 0 bridgehead atoms. The van der Waals surface area contributed by atoms with Crippen LogP contribution < -0.4 is 5.32 Å². The number of benzene rings is 2. The van der Waals surface area contributed by atoms with Gasteiger partial charge in [-0.3, -0.25) is 14.5 Å². The molecule has 5 nitrogen and oxygen atoms in total. The molecular weight excluding hydrogens is 394 g/mol. The molecule has 1 atom stereocenters. The van der Waals surface area contributed by atoms with Crippen molar-refractivity contribution in [3.63, 3.8) is 0 Å². The smallest absolute Gasteiger partial charge is 0.242 e. The van der Waals surface area contributed by atoms with Crippen molar-refractivity contribution >= 4 is 51.7 Å². The van der Waals surface area contributed by atoms with Crippen LogP contribution in [0.4, 0.5) is 11.4 Å². The molecule has 7 heteroatoms. The van der Waals surface area contributed by atoms with Gasteiger partial charge in [-0.15, -0.1) is 0 Å². The first kappa shape index (κ1) is 19.0. The van der Waals surface area contributed by atoms with E-state index in [0.717, 1.165) is 24.1 Å². The first-order chi connectivity index (χ1) is 13.5. The minimum Gasteiger partial charge on any atom is -0.326 e. The van der Waals surface area contributed by atoms with Crippen LogP contribution in [0.25, 0.3) is 0 Å². The molecule has 1 heterocycles. The molecule has 1 saturated heterocycles. The number of carbonyl (C=O) groups excluding carboxylic acids is 2. The summed E-state index contributed by atoms with van der Waals surface area (Å²) in [4.78, 5) is 31.9. The molecule has 2 aliphatic rings. The van der Waals surface area contributed by atoms with E-state index < -0.39 is 5.25 Å². The van der Waals surface area contributed by atoms with Crippen molar-refractivity contribution in [3.8, 4) is 0 Å². The third-order valence-electron chi connectivity index (χ3n) is 4.69. The lowest BCUT2D eigenvalue weighted by Crippen LogP contribution is -2.35. The molecule has 28 heavy (non-hydrogen) atoms. The third kappa shape index (κ3) is 4.23. The minimum absolute atomic E-state index is 0.0268. The molecule has 1 aliphatic heterocycles. The topological polar surface area (TPSA) is 61.8 Å². The van der Waals surface area contributed by atoms with Crippen molar-refractivity contribution in [1.82, 2.24) is 4.90 Å². The molecule has 1 saturated carbocycles. The lowest BCUT2D eigenvalue weighted by atomic mass is 10.2. The van der Waals surface area contributed by atoms with Gasteiger partial charge in [0, 0.05) is 23.2 Å². The minimum atomic E-state index is -0.456. The van der Waals surface area contributed by atoms with Crippen LogP contribution in [0.1, 0.15) is 24.8 Å². The number of para-hydroxylation sites is 1. The molecule has 144 valence electrons. The standard InChI is InChI=1S/C21H20ClN3O2S/c1-13-5-2-3-8-17(13)24-21-25(16-9-10-16)20(27)18(28-21)12-19(26)23-15-7-4-6-14(22)11-15/h2-8,11,16,18H,9-10,12H2,1H3,(H,23,26)/t18-/m0/s1. The predicted molar refractivity (Wildman–Crippen MR) is 114 cm³/mol. The van der Waals surface area contributed by atoms with Crippen molar-refractivity contribution < 1.29 is 9.59 Å². The van der Waals surface area contributed by atoms with Crippen molar-refractivity contribution in [2.75, 3.05) is 5.32 Å². The summed E-state index contributed by atoms with van der Waals surface area (Å²) >= 11 is 7.34. The van der Waals surface area contributed by atoms with E-state index in [-0.39, 0.29) is 24.3 Å². The Morgan fingerprint density at radius 1 is 1.25 bits per heavy atom. The van der Waals surface area contributed by atoms with Gasteiger partial charge in [0.05, 0.1) is 5.69 Å². The van der Waals surface area contributed by atoms with Crippen LogP contribution in [0.15, 0.2) is 53.5 Å². The lowest BCUT2D eigenvalue weighted by Gasteiger charge is -2.15. The van der Waals surface area contributed by atoms with E-state index in [1.807, 2.05) is 31.2 Å². The van der Waals surface area contributed by atoms with Gasteiger partial charge in [-0.1, -0.05) is 47.6 Å². The highest BCUT2D eigenvalue weighted by atomic mass is 35.5. The molecule has 0 aromatic heterocycles. The van der Waals surface area contributed by atoms with E-state index >= 15 is 0 Å². The van der Waals surface area contributed by atoms with E-state index in [1.54, 1.807) is 29.2 Å². The molecule has 1 aliphatic carbocycles. The van der Waals surface area contributed by atoms with E-state index in [2.05, 4.69) is 5.32 Å². The number of hydrogen-bond acceptors (Lipinski definition) is 4. The Hall–Kier alpha value is -2.31. The van der Waals surface area contributed by atoms with Gasteiger partial charge in [0.25, 0.3) is 0 Å². The van der Waals surface area contributed by atoms with Gasteiger partial charge >= 0.3 is 0 Å². The Bertz CT molecular complexity index is 958. The summed E-state index contributed by atoms with van der Waals surface area (Å²) in [5, 5.41) is 3.61. The highest BCUT2D eigenvalue weighted by Crippen LogP contribution is 2.39. The van der Waals surface area contributed by atoms with Gasteiger partial charge in [0.15, 0.2) is 5.17 Å². The maximum atomic E-state index is 12.9. The SMILES string of the molecule is Cc1ccccc1N=C1S[C@@H](CC(=O)Nc2cccc(Cl)c2)C(=O)N1C1CC1. The maximum Gasteiger partial charge on any atom is 0.242 e. The second-order valence-electron chi connectivity index (χ2n) is 6.99. The van der Waals surface area contributed by atoms with E-state index in [9.17, 15) is 9.59 Å². The average molecular weight is 414 g/mol. The number of nitrogens with one attached hydrogen (secondary N) is 1. The Balaban J connectivity index is 1.50. The molecular formula is C21H20ClN3O2S. The summed E-state index contributed by atoms with van der Waals surface area (Å²) in [5.74, 6) is -0.234. The molecule has 2 fully saturated rings. The van der Waals surface area contributed by atoms with Crippen LogP contribution in [0, 0.1) is 6.92 Å². The van der Waals surface area contributed by atoms with Crippen molar-refractivity contribution in [2.24, 2.45) is 4.99 Å². The Kier molecular flexibility index (Phi) is 5.42. The number of amidine groups is 1. The maximum absolute atomic E-state index is 12.9. The number of halogens is 1. The van der Waals surface area contributed by atoms with Crippen LogP contribution >= 0.6 is 23.4 Å². The molecule has 2 aromatic rings. The van der Waals surface area contributed by atoms with Gasteiger partial charge in [-0.2, -0.15) is 0 Å². The summed E-state index contributed by atoms with van der Waals surface area (Å²) in [7, 11) is 0. The van der Waals surface area contributed by atoms with Gasteiger partial charge in [0.1, 0.15) is 5.25 Å². The number of thioether (sulfide) groups is 1. The van der Waals surface area contributed by atoms with E-state index in [1.165, 1.54) is 11.8 Å². The number of aliphatic imine (C=N–C) groups is 1. The zero-order chi connectivity index (χ0) is 19.7. The largest absolute Gasteiger partial charge is 0.326 e. The van der Waals surface area contributed by atoms with Gasteiger partial charge in [0.2, 0.25) is 11.8 Å². The van der Waals surface area contributed by atoms with E-state index in [4.69, 9.17) is 16.6 Å². The van der Waals surface area contributed by atoms with Crippen molar-refractivity contribution in [3.05, 3.63) is 59.1 Å². The molecule has 1 N–H and O–H groups in total. The number of hydrogen-bond donors (Lipinski definition) is 1. The average Bonchev–Trinajstić information content (AvgIpc) is 3.43. The molecule has 2 aromatic carbocycles. The summed E-state index contributed by atoms with van der Waals surface area (Å²) in [6.45, 7) is 2.00. The Labute approximate surface area is 173 Å². The number of aryl methyl sites for hydroxylation is 1. The first-order valence-electron chi connectivity index (χ1n) is 9.21. The summed E-state index contributed by atoms with van der Waals surface area (Å²) in [6.07, 6.45) is 2.08. The third-order valence-corrected chi connectivity index (χ3v) is 6.08. The fraction of sp³-hybridized carbons (Fsp3) is 0.286. The Morgan fingerprint density at radius 2 is 2.04 bits per heavy atom. The number of carbonyl (C=O) groups is 2. The zero-order valence-electron chi connectivity index (χ0n) is 15.4. The number of anilines is 1. The summed E-state index contributed by atoms with van der Waals surface area (Å²) in [6, 6.07) is 15.0. The van der Waals surface area contributed by atoms with Crippen LogP contribution in [-0.4, -0.2) is 33.2 Å². The second-order valence-corrected chi connectivity index (χ2v) is 8.60. The molecule has 0 radical (unpaired) electrons. The zero-order valence-corrected chi connectivity index (χ0v) is 17.0. The molecule has 4 rings (SSSR count). The molecule has 2 amide bonds. The number of rotatable bonds is 5. The quantitative estimate of drug-likeness (QED) is 0.767. The van der Waals surface area contributed by atoms with Crippen LogP contribution in [-0.2, 0) is 9.59 Å². The van der Waals surface area contributed by atoms with Crippen LogP contribution in [0.2, 0.25) is 5.02 Å². The molecule has 0 spiro atoms.